The second-order valence-corrected chi connectivity index (χ2v) is 9.12. The highest BCUT2D eigenvalue weighted by Gasteiger charge is 2.32. The van der Waals surface area contributed by atoms with E-state index in [1.807, 2.05) is 0 Å². The summed E-state index contributed by atoms with van der Waals surface area (Å²) in [5, 5.41) is 8.88. The first-order valence-corrected chi connectivity index (χ1v) is 11.9. The van der Waals surface area contributed by atoms with E-state index in [0.717, 1.165) is 17.8 Å². The molecule has 10 nitrogen and oxygen atoms in total. The molecule has 1 aliphatic heterocycles. The van der Waals surface area contributed by atoms with Gasteiger partial charge in [-0.25, -0.2) is 9.99 Å². The largest absolute Gasteiger partial charge is 0.417 e. The molecule has 0 atom stereocenters. The van der Waals surface area contributed by atoms with Gasteiger partial charge in [-0.05, 0) is 30.3 Å². The Morgan fingerprint density at radius 3 is 2.42 bits per heavy atom. The molecule has 5 rings (SSSR count). The summed E-state index contributed by atoms with van der Waals surface area (Å²) < 4.78 is 40.7. The molecular formula is C25H25F3N8O2. The molecule has 0 radical (unpaired) electrons. The van der Waals surface area contributed by atoms with Crippen molar-refractivity contribution in [2.45, 2.75) is 19.6 Å². The van der Waals surface area contributed by atoms with Gasteiger partial charge in [0.2, 0.25) is 5.91 Å². The van der Waals surface area contributed by atoms with E-state index < -0.39 is 11.7 Å². The van der Waals surface area contributed by atoms with E-state index in [9.17, 15) is 22.8 Å². The number of anilines is 1. The van der Waals surface area contributed by atoms with Crippen molar-refractivity contribution < 1.29 is 22.8 Å². The summed E-state index contributed by atoms with van der Waals surface area (Å²) >= 11 is 0. The van der Waals surface area contributed by atoms with Crippen molar-refractivity contribution >= 4 is 39.4 Å². The summed E-state index contributed by atoms with van der Waals surface area (Å²) in [5.41, 5.74) is 7.20. The van der Waals surface area contributed by atoms with Crippen LogP contribution < -0.4 is 5.73 Å². The second-order valence-electron chi connectivity index (χ2n) is 9.12. The summed E-state index contributed by atoms with van der Waals surface area (Å²) in [6, 6.07) is 7.27. The molecule has 1 aromatic carbocycles. The van der Waals surface area contributed by atoms with E-state index in [-0.39, 0.29) is 18.4 Å². The van der Waals surface area contributed by atoms with E-state index >= 15 is 0 Å². The molecule has 0 bridgehead atoms. The van der Waals surface area contributed by atoms with Crippen LogP contribution in [-0.4, -0.2) is 72.7 Å². The molecule has 4 heterocycles. The standard InChI is InChI=1S/C25H25F3N8O2/c1-15(37)34-7-9-35(10-8-34)36(14-18-5-4-17(12-30-18)25(26,27)28)24(38)16-3-6-21-19(11-16)22-20(23(29)32-21)13-31-33(22)2/h3-6,11-13H,7-10,14H2,1-2H3,(H2,29,32). The average Bonchev–Trinajstić information content (AvgIpc) is 3.29. The molecule has 2 amide bonds. The zero-order valence-corrected chi connectivity index (χ0v) is 20.7. The fourth-order valence-electron chi connectivity index (χ4n) is 4.63. The molecule has 1 fully saturated rings. The number of hydrogen-bond acceptors (Lipinski definition) is 7. The van der Waals surface area contributed by atoms with E-state index in [4.69, 9.17) is 5.73 Å². The van der Waals surface area contributed by atoms with Crippen molar-refractivity contribution in [2.24, 2.45) is 7.05 Å². The summed E-state index contributed by atoms with van der Waals surface area (Å²) in [6.07, 6.45) is -2.14. The third-order valence-electron chi connectivity index (χ3n) is 6.70. The van der Waals surface area contributed by atoms with Crippen LogP contribution in [0.3, 0.4) is 0 Å². The molecular weight excluding hydrogens is 501 g/mol. The van der Waals surface area contributed by atoms with Crippen LogP contribution >= 0.6 is 0 Å². The Hall–Kier alpha value is -4.26. The highest BCUT2D eigenvalue weighted by Crippen LogP contribution is 2.30. The summed E-state index contributed by atoms with van der Waals surface area (Å²) in [7, 11) is 1.77. The van der Waals surface area contributed by atoms with Crippen molar-refractivity contribution in [3.05, 3.63) is 59.5 Å². The summed E-state index contributed by atoms with van der Waals surface area (Å²) in [5.74, 6) is -0.0940. The number of carbonyl (C=O) groups excluding carboxylic acids is 2. The molecule has 38 heavy (non-hydrogen) atoms. The molecule has 0 unspecified atom stereocenters. The number of piperazine rings is 1. The van der Waals surface area contributed by atoms with Gasteiger partial charge < -0.3 is 10.6 Å². The Morgan fingerprint density at radius 2 is 1.79 bits per heavy atom. The van der Waals surface area contributed by atoms with Crippen LogP contribution in [0.15, 0.2) is 42.7 Å². The lowest BCUT2D eigenvalue weighted by atomic mass is 10.1. The van der Waals surface area contributed by atoms with E-state index in [0.29, 0.717) is 59.5 Å². The molecule has 3 aromatic heterocycles. The fourth-order valence-corrected chi connectivity index (χ4v) is 4.63. The predicted molar refractivity (Wildman–Crippen MR) is 133 cm³/mol. The molecule has 2 N–H and O–H groups in total. The maximum atomic E-state index is 13.9. The maximum absolute atomic E-state index is 13.9. The number of rotatable bonds is 4. The van der Waals surface area contributed by atoms with E-state index in [1.165, 1.54) is 18.0 Å². The fraction of sp³-hybridized carbons (Fsp3) is 0.320. The molecule has 1 saturated heterocycles. The average molecular weight is 527 g/mol. The number of carbonyl (C=O) groups is 2. The van der Waals surface area contributed by atoms with Crippen LogP contribution in [-0.2, 0) is 24.6 Å². The van der Waals surface area contributed by atoms with Crippen LogP contribution in [0.5, 0.6) is 0 Å². The van der Waals surface area contributed by atoms with Crippen LogP contribution in [0.1, 0.15) is 28.5 Å². The van der Waals surface area contributed by atoms with Gasteiger partial charge in [0, 0.05) is 57.3 Å². The number of aryl methyl sites for hydroxylation is 1. The molecule has 1 aliphatic rings. The van der Waals surface area contributed by atoms with Crippen molar-refractivity contribution in [1.29, 1.82) is 0 Å². The number of aromatic nitrogens is 4. The van der Waals surface area contributed by atoms with Gasteiger partial charge in [0.25, 0.3) is 5.91 Å². The number of pyridine rings is 2. The van der Waals surface area contributed by atoms with Gasteiger partial charge in [-0.15, -0.1) is 0 Å². The lowest BCUT2D eigenvalue weighted by Gasteiger charge is -2.40. The van der Waals surface area contributed by atoms with Gasteiger partial charge in [0.1, 0.15) is 5.82 Å². The van der Waals surface area contributed by atoms with Gasteiger partial charge in [-0.1, -0.05) is 0 Å². The first-order chi connectivity index (χ1) is 18.0. The lowest BCUT2D eigenvalue weighted by Crippen LogP contribution is -2.56. The van der Waals surface area contributed by atoms with E-state index in [2.05, 4.69) is 15.1 Å². The number of amides is 2. The van der Waals surface area contributed by atoms with Crippen molar-refractivity contribution in [1.82, 2.24) is 34.7 Å². The Morgan fingerprint density at radius 1 is 1.05 bits per heavy atom. The number of alkyl halides is 3. The number of nitrogen functional groups attached to an aromatic ring is 1. The molecule has 13 heteroatoms. The minimum Gasteiger partial charge on any atom is -0.383 e. The molecule has 0 saturated carbocycles. The maximum Gasteiger partial charge on any atom is 0.417 e. The van der Waals surface area contributed by atoms with E-state index in [1.54, 1.807) is 46.0 Å². The highest BCUT2D eigenvalue weighted by atomic mass is 19.4. The zero-order valence-electron chi connectivity index (χ0n) is 20.7. The third kappa shape index (κ3) is 4.72. The Labute approximate surface area is 215 Å². The van der Waals surface area contributed by atoms with Gasteiger partial charge in [0.15, 0.2) is 0 Å². The quantitative estimate of drug-likeness (QED) is 0.435. The Kier molecular flexibility index (Phi) is 6.39. The predicted octanol–water partition coefficient (Wildman–Crippen LogP) is 2.84. The Bertz CT molecular complexity index is 1530. The topological polar surface area (TPSA) is 113 Å². The number of nitrogens with zero attached hydrogens (tertiary/aromatic N) is 7. The van der Waals surface area contributed by atoms with Crippen molar-refractivity contribution in [3.63, 3.8) is 0 Å². The van der Waals surface area contributed by atoms with Crippen molar-refractivity contribution in [3.8, 4) is 0 Å². The SMILES string of the molecule is CC(=O)N1CCN(N(Cc2ccc(C(F)(F)F)cn2)C(=O)c2ccc3nc(N)c4cnn(C)c4c3c2)CC1. The van der Waals surface area contributed by atoms with Crippen LogP contribution in [0.25, 0.3) is 21.8 Å². The van der Waals surface area contributed by atoms with Gasteiger partial charge >= 0.3 is 6.18 Å². The van der Waals surface area contributed by atoms with Crippen LogP contribution in [0.2, 0.25) is 0 Å². The van der Waals surface area contributed by atoms with Gasteiger partial charge in [-0.2, -0.15) is 18.3 Å². The summed E-state index contributed by atoms with van der Waals surface area (Å²) in [4.78, 5) is 35.8. The molecule has 0 spiro atoms. The monoisotopic (exact) mass is 526 g/mol. The minimum atomic E-state index is -4.51. The van der Waals surface area contributed by atoms with Gasteiger partial charge in [0.05, 0.1) is 40.4 Å². The zero-order chi connectivity index (χ0) is 27.2. The number of fused-ring (bicyclic) bond motifs is 3. The number of hydrazine groups is 1. The lowest BCUT2D eigenvalue weighted by molar-refractivity contribution is -0.138. The number of hydrogen-bond donors (Lipinski definition) is 1. The number of benzene rings is 1. The van der Waals surface area contributed by atoms with Crippen LogP contribution in [0.4, 0.5) is 19.0 Å². The third-order valence-corrected chi connectivity index (χ3v) is 6.70. The molecule has 198 valence electrons. The van der Waals surface area contributed by atoms with Crippen molar-refractivity contribution in [2.75, 3.05) is 31.9 Å². The first-order valence-electron chi connectivity index (χ1n) is 11.9. The number of halogens is 3. The first kappa shape index (κ1) is 25.4. The van der Waals surface area contributed by atoms with Crippen LogP contribution in [0, 0.1) is 0 Å². The number of nitrogens with two attached hydrogens (primary N) is 1. The highest BCUT2D eigenvalue weighted by molar-refractivity contribution is 6.10. The summed E-state index contributed by atoms with van der Waals surface area (Å²) in [6.45, 7) is 3.02. The Balaban J connectivity index is 1.51. The molecule has 0 aliphatic carbocycles. The second kappa shape index (κ2) is 9.56. The molecule has 4 aromatic rings. The van der Waals surface area contributed by atoms with Gasteiger partial charge in [-0.3, -0.25) is 24.3 Å². The normalized spacial score (nSPS) is 14.8. The smallest absolute Gasteiger partial charge is 0.383 e. The minimum absolute atomic E-state index is 0.0454.